The van der Waals surface area contributed by atoms with Crippen molar-refractivity contribution in [2.45, 2.75) is 43.2 Å². The fraction of sp³-hybridized carbons (Fsp3) is 0.500. The van der Waals surface area contributed by atoms with Gasteiger partial charge in [-0.25, -0.2) is 13.2 Å². The zero-order chi connectivity index (χ0) is 18.3. The molecule has 2 fully saturated rings. The molecule has 0 amide bonds. The number of benzene rings is 1. The van der Waals surface area contributed by atoms with E-state index < -0.39 is 10.0 Å². The second-order valence-corrected chi connectivity index (χ2v) is 9.87. The van der Waals surface area contributed by atoms with E-state index in [1.54, 1.807) is 35.5 Å². The monoisotopic (exact) mass is 394 g/mol. The number of nitrogens with zero attached hydrogens (tertiary/aromatic N) is 1. The number of carbonyl (C=O) groups excluding carboxylic acids is 1. The number of thiophene rings is 1. The second kappa shape index (κ2) is 6.92. The molecule has 4 rings (SSSR count). The Balaban J connectivity index is 1.63. The molecule has 2 aliphatic rings. The minimum Gasteiger partial charge on any atom is -0.462 e. The molecule has 2 aromatic rings. The normalized spacial score (nSPS) is 23.9. The Morgan fingerprint density at radius 1 is 1.27 bits per heavy atom. The summed E-state index contributed by atoms with van der Waals surface area (Å²) in [6.07, 6.45) is 3.21. The maximum atomic E-state index is 13.1. The third-order valence-corrected chi connectivity index (χ3v) is 7.95. The highest BCUT2D eigenvalue weighted by atomic mass is 32.2. The van der Waals surface area contributed by atoms with Crippen LogP contribution in [0, 0.1) is 0 Å². The van der Waals surface area contributed by atoms with Gasteiger partial charge in [0.05, 0.1) is 11.5 Å². The number of sulfonamides is 1. The van der Waals surface area contributed by atoms with Crippen LogP contribution in [0.4, 0.5) is 0 Å². The topological polar surface area (TPSA) is 75.7 Å². The number of esters is 1. The number of piperidine rings is 1. The fourth-order valence-corrected chi connectivity index (χ4v) is 6.30. The zero-order valence-electron chi connectivity index (χ0n) is 14.6. The SMILES string of the molecule is CCOC(=O)c1cc2cc(S(=O)(=O)N3CC4CCCC(C3)N4)ccc2s1. The van der Waals surface area contributed by atoms with Crippen LogP contribution in [-0.2, 0) is 14.8 Å². The molecule has 2 atom stereocenters. The Morgan fingerprint density at radius 3 is 2.69 bits per heavy atom. The molecule has 1 aromatic heterocycles. The highest BCUT2D eigenvalue weighted by Crippen LogP contribution is 2.31. The predicted octanol–water partition coefficient (Wildman–Crippen LogP) is 2.59. The summed E-state index contributed by atoms with van der Waals surface area (Å²) in [6, 6.07) is 7.29. The van der Waals surface area contributed by atoms with Crippen molar-refractivity contribution in [3.63, 3.8) is 0 Å². The molecule has 6 nitrogen and oxygen atoms in total. The molecule has 0 spiro atoms. The minimum atomic E-state index is -3.53. The van der Waals surface area contributed by atoms with Gasteiger partial charge >= 0.3 is 5.97 Å². The zero-order valence-corrected chi connectivity index (χ0v) is 16.2. The van der Waals surface area contributed by atoms with Crippen molar-refractivity contribution in [1.82, 2.24) is 9.62 Å². The average Bonchev–Trinajstić information content (AvgIpc) is 3.05. The van der Waals surface area contributed by atoms with Crippen molar-refractivity contribution < 1.29 is 17.9 Å². The highest BCUT2D eigenvalue weighted by Gasteiger charge is 2.36. The number of fused-ring (bicyclic) bond motifs is 3. The van der Waals surface area contributed by atoms with Gasteiger partial charge in [-0.2, -0.15) is 4.31 Å². The van der Waals surface area contributed by atoms with Gasteiger partial charge in [-0.15, -0.1) is 11.3 Å². The highest BCUT2D eigenvalue weighted by molar-refractivity contribution is 7.89. The van der Waals surface area contributed by atoms with Gasteiger partial charge in [0, 0.05) is 29.9 Å². The first-order chi connectivity index (χ1) is 12.5. The Morgan fingerprint density at radius 2 is 2.00 bits per heavy atom. The largest absolute Gasteiger partial charge is 0.462 e. The summed E-state index contributed by atoms with van der Waals surface area (Å²) in [5, 5.41) is 4.27. The third kappa shape index (κ3) is 3.26. The van der Waals surface area contributed by atoms with Crippen LogP contribution >= 0.6 is 11.3 Å². The number of ether oxygens (including phenoxy) is 1. The van der Waals surface area contributed by atoms with Crippen LogP contribution in [0.5, 0.6) is 0 Å². The van der Waals surface area contributed by atoms with Crippen LogP contribution in [0.2, 0.25) is 0 Å². The summed E-state index contributed by atoms with van der Waals surface area (Å²) in [4.78, 5) is 12.7. The molecule has 1 N–H and O–H groups in total. The van der Waals surface area contributed by atoms with Gasteiger partial charge in [0.2, 0.25) is 10.0 Å². The molecule has 8 heteroatoms. The Labute approximate surface area is 157 Å². The van der Waals surface area contributed by atoms with Gasteiger partial charge in [-0.3, -0.25) is 0 Å². The van der Waals surface area contributed by atoms with Crippen LogP contribution in [0.1, 0.15) is 35.9 Å². The summed E-state index contributed by atoms with van der Waals surface area (Å²) in [7, 11) is -3.53. The van der Waals surface area contributed by atoms with Gasteiger partial charge in [0.15, 0.2) is 0 Å². The van der Waals surface area contributed by atoms with E-state index in [1.807, 2.05) is 0 Å². The smallest absolute Gasteiger partial charge is 0.348 e. The van der Waals surface area contributed by atoms with E-state index in [9.17, 15) is 13.2 Å². The number of piperazine rings is 1. The molecule has 140 valence electrons. The number of hydrogen-bond donors (Lipinski definition) is 1. The van der Waals surface area contributed by atoms with E-state index in [4.69, 9.17) is 4.74 Å². The molecular formula is C18H22N2O4S2. The van der Waals surface area contributed by atoms with Crippen molar-refractivity contribution in [3.8, 4) is 0 Å². The van der Waals surface area contributed by atoms with Gasteiger partial charge in [0.25, 0.3) is 0 Å². The molecule has 1 aromatic carbocycles. The van der Waals surface area contributed by atoms with Crippen LogP contribution in [0.15, 0.2) is 29.2 Å². The lowest BCUT2D eigenvalue weighted by Crippen LogP contribution is -2.59. The van der Waals surface area contributed by atoms with Crippen LogP contribution < -0.4 is 5.32 Å². The van der Waals surface area contributed by atoms with Crippen LogP contribution in [0.25, 0.3) is 10.1 Å². The Hall–Kier alpha value is -1.48. The predicted molar refractivity (Wildman–Crippen MR) is 101 cm³/mol. The standard InChI is InChI=1S/C18H22N2O4S2/c1-2-24-18(21)17-9-12-8-15(6-7-16(12)25-17)26(22,23)20-10-13-4-3-5-14(11-20)19-13/h6-9,13-14,19H,2-5,10-11H2,1H3. The lowest BCUT2D eigenvalue weighted by Gasteiger charge is -2.41. The second-order valence-electron chi connectivity index (χ2n) is 6.84. The van der Waals surface area contributed by atoms with Crippen molar-refractivity contribution >= 4 is 37.4 Å². The molecule has 0 aliphatic carbocycles. The summed E-state index contributed by atoms with van der Waals surface area (Å²) >= 11 is 1.32. The van der Waals surface area contributed by atoms with E-state index >= 15 is 0 Å². The molecule has 2 aliphatic heterocycles. The summed E-state index contributed by atoms with van der Waals surface area (Å²) in [6.45, 7) is 3.12. The number of rotatable bonds is 4. The molecule has 3 heterocycles. The van der Waals surface area contributed by atoms with E-state index in [-0.39, 0.29) is 22.9 Å². The van der Waals surface area contributed by atoms with Crippen molar-refractivity contribution in [3.05, 3.63) is 29.1 Å². The van der Waals surface area contributed by atoms with Gasteiger partial charge in [0.1, 0.15) is 4.88 Å². The first kappa shape index (κ1) is 17.9. The molecule has 0 saturated carbocycles. The van der Waals surface area contributed by atoms with Gasteiger partial charge in [-0.05, 0) is 49.4 Å². The number of hydrogen-bond acceptors (Lipinski definition) is 6. The maximum absolute atomic E-state index is 13.1. The molecular weight excluding hydrogens is 372 g/mol. The lowest BCUT2D eigenvalue weighted by atomic mass is 9.96. The van der Waals surface area contributed by atoms with E-state index in [0.29, 0.717) is 24.6 Å². The molecule has 26 heavy (non-hydrogen) atoms. The first-order valence-corrected chi connectivity index (χ1v) is 11.2. The molecule has 2 saturated heterocycles. The summed E-state index contributed by atoms with van der Waals surface area (Å²) in [5.74, 6) is -0.368. The summed E-state index contributed by atoms with van der Waals surface area (Å²) < 4.78 is 33.7. The molecule has 0 radical (unpaired) electrons. The first-order valence-electron chi connectivity index (χ1n) is 8.94. The van der Waals surface area contributed by atoms with E-state index in [0.717, 1.165) is 29.3 Å². The quantitative estimate of drug-likeness (QED) is 0.807. The average molecular weight is 395 g/mol. The molecule has 2 unspecified atom stereocenters. The van der Waals surface area contributed by atoms with Gasteiger partial charge in [-0.1, -0.05) is 6.42 Å². The van der Waals surface area contributed by atoms with E-state index in [1.165, 1.54) is 11.3 Å². The van der Waals surface area contributed by atoms with Gasteiger partial charge < -0.3 is 10.1 Å². The van der Waals surface area contributed by atoms with Crippen LogP contribution in [0.3, 0.4) is 0 Å². The third-order valence-electron chi connectivity index (χ3n) is 5.03. The van der Waals surface area contributed by atoms with Crippen molar-refractivity contribution in [2.75, 3.05) is 19.7 Å². The lowest BCUT2D eigenvalue weighted by molar-refractivity contribution is 0.0532. The van der Waals surface area contributed by atoms with Crippen molar-refractivity contribution in [2.24, 2.45) is 0 Å². The summed E-state index contributed by atoms with van der Waals surface area (Å²) in [5.41, 5.74) is 0. The number of nitrogens with one attached hydrogen (secondary N) is 1. The molecule has 2 bridgehead atoms. The fourth-order valence-electron chi connectivity index (χ4n) is 3.79. The Bertz CT molecular complexity index is 926. The maximum Gasteiger partial charge on any atom is 0.348 e. The van der Waals surface area contributed by atoms with E-state index in [2.05, 4.69) is 5.32 Å². The Kier molecular flexibility index (Phi) is 4.77. The number of carbonyl (C=O) groups is 1. The van der Waals surface area contributed by atoms with Crippen molar-refractivity contribution in [1.29, 1.82) is 0 Å². The minimum absolute atomic E-state index is 0.248. The van der Waals surface area contributed by atoms with Crippen LogP contribution in [-0.4, -0.2) is 50.5 Å².